The lowest BCUT2D eigenvalue weighted by molar-refractivity contribution is 0.209. The van der Waals surface area contributed by atoms with Gasteiger partial charge in [-0.2, -0.15) is 5.10 Å². The molecule has 2 heterocycles. The molecule has 82 valence electrons. The molecule has 0 fully saturated rings. The van der Waals surface area contributed by atoms with Crippen molar-refractivity contribution >= 4 is 23.5 Å². The van der Waals surface area contributed by atoms with Gasteiger partial charge < -0.3 is 5.11 Å². The van der Waals surface area contributed by atoms with Crippen LogP contribution in [0.4, 0.5) is 10.6 Å². The molecule has 1 aliphatic heterocycles. The van der Waals surface area contributed by atoms with E-state index in [0.29, 0.717) is 5.02 Å². The quantitative estimate of drug-likeness (QED) is 0.777. The summed E-state index contributed by atoms with van der Waals surface area (Å²) in [5.74, 6) is 0.229. The number of rotatable bonds is 1. The number of nitrogens with zero attached hydrogens (tertiary/aromatic N) is 2. The number of carboxylic acid groups (broad SMARTS) is 1. The Morgan fingerprint density at radius 1 is 1.67 bits per heavy atom. The van der Waals surface area contributed by atoms with Gasteiger partial charge in [0.25, 0.3) is 0 Å². The SMILES string of the molecule is CC1(C)CCn2nc(NC(=O)O)c(Cl)c21. The lowest BCUT2D eigenvalue weighted by atomic mass is 9.88. The molecule has 0 unspecified atom stereocenters. The average molecular weight is 230 g/mol. The van der Waals surface area contributed by atoms with Crippen molar-refractivity contribution in [2.75, 3.05) is 5.32 Å². The van der Waals surface area contributed by atoms with Crippen molar-refractivity contribution in [3.8, 4) is 0 Å². The van der Waals surface area contributed by atoms with Crippen LogP contribution in [0.1, 0.15) is 26.0 Å². The zero-order valence-corrected chi connectivity index (χ0v) is 9.30. The summed E-state index contributed by atoms with van der Waals surface area (Å²) in [5, 5.41) is 15.3. The summed E-state index contributed by atoms with van der Waals surface area (Å²) in [4.78, 5) is 10.5. The molecule has 0 aliphatic carbocycles. The second-order valence-corrected chi connectivity index (χ2v) is 4.68. The van der Waals surface area contributed by atoms with Crippen molar-refractivity contribution in [1.29, 1.82) is 0 Å². The van der Waals surface area contributed by atoms with Crippen molar-refractivity contribution in [1.82, 2.24) is 9.78 Å². The van der Waals surface area contributed by atoms with Crippen LogP contribution in [0, 0.1) is 0 Å². The molecule has 0 saturated carbocycles. The Morgan fingerprint density at radius 2 is 2.33 bits per heavy atom. The van der Waals surface area contributed by atoms with Crippen molar-refractivity contribution < 1.29 is 9.90 Å². The van der Waals surface area contributed by atoms with E-state index in [0.717, 1.165) is 18.7 Å². The fourth-order valence-electron chi connectivity index (χ4n) is 1.93. The number of anilines is 1. The van der Waals surface area contributed by atoms with Gasteiger partial charge in [-0.1, -0.05) is 25.4 Å². The summed E-state index contributed by atoms with van der Waals surface area (Å²) in [6, 6.07) is 0. The van der Waals surface area contributed by atoms with Gasteiger partial charge in [0, 0.05) is 12.0 Å². The molecular formula is C9H12ClN3O2. The highest BCUT2D eigenvalue weighted by atomic mass is 35.5. The van der Waals surface area contributed by atoms with Crippen molar-refractivity contribution in [2.45, 2.75) is 32.2 Å². The lowest BCUT2D eigenvalue weighted by Crippen LogP contribution is -2.13. The molecule has 6 heteroatoms. The van der Waals surface area contributed by atoms with E-state index in [1.807, 2.05) is 0 Å². The third-order valence-electron chi connectivity index (χ3n) is 2.71. The zero-order chi connectivity index (χ0) is 11.2. The number of amides is 1. The third-order valence-corrected chi connectivity index (χ3v) is 3.07. The molecule has 1 aromatic heterocycles. The maximum Gasteiger partial charge on any atom is 0.410 e. The Bertz CT molecular complexity index is 425. The second kappa shape index (κ2) is 3.13. The minimum atomic E-state index is -1.15. The maximum atomic E-state index is 10.5. The van der Waals surface area contributed by atoms with Gasteiger partial charge in [0.05, 0.1) is 5.69 Å². The summed E-state index contributed by atoms with van der Waals surface area (Å²) in [7, 11) is 0. The Balaban J connectivity index is 2.44. The predicted octanol–water partition coefficient (Wildman–Crippen LogP) is 2.31. The molecule has 2 N–H and O–H groups in total. The number of halogens is 1. The first kappa shape index (κ1) is 10.3. The average Bonchev–Trinajstić information content (AvgIpc) is 2.54. The summed E-state index contributed by atoms with van der Waals surface area (Å²) >= 11 is 6.09. The zero-order valence-electron chi connectivity index (χ0n) is 8.54. The molecule has 0 bridgehead atoms. The number of hydrogen-bond acceptors (Lipinski definition) is 2. The van der Waals surface area contributed by atoms with Gasteiger partial charge >= 0.3 is 6.09 Å². The summed E-state index contributed by atoms with van der Waals surface area (Å²) in [5.41, 5.74) is 0.871. The van der Waals surface area contributed by atoms with E-state index in [-0.39, 0.29) is 11.2 Å². The molecule has 0 aromatic carbocycles. The predicted molar refractivity (Wildman–Crippen MR) is 56.5 cm³/mol. The molecule has 2 rings (SSSR count). The molecule has 1 aliphatic rings. The highest BCUT2D eigenvalue weighted by Crippen LogP contribution is 2.41. The van der Waals surface area contributed by atoms with E-state index in [9.17, 15) is 4.79 Å². The van der Waals surface area contributed by atoms with Crippen LogP contribution in [-0.2, 0) is 12.0 Å². The molecule has 5 nitrogen and oxygen atoms in total. The first-order valence-electron chi connectivity index (χ1n) is 4.68. The molecule has 1 amide bonds. The minimum absolute atomic E-state index is 0.0392. The van der Waals surface area contributed by atoms with Crippen LogP contribution in [0.5, 0.6) is 0 Å². The Kier molecular flexibility index (Phi) is 2.15. The highest BCUT2D eigenvalue weighted by Gasteiger charge is 2.35. The standard InChI is InChI=1S/C9H12ClN3O2/c1-9(2)3-4-13-6(9)5(10)7(12-13)11-8(14)15/h3-4H2,1-2H3,(H,11,12)(H,14,15). The molecule has 15 heavy (non-hydrogen) atoms. The monoisotopic (exact) mass is 229 g/mol. The highest BCUT2D eigenvalue weighted by molar-refractivity contribution is 6.34. The van der Waals surface area contributed by atoms with Gasteiger partial charge in [-0.3, -0.25) is 10.00 Å². The van der Waals surface area contributed by atoms with Crippen LogP contribution >= 0.6 is 11.6 Å². The maximum absolute atomic E-state index is 10.5. The van der Waals surface area contributed by atoms with Gasteiger partial charge in [0.2, 0.25) is 0 Å². The van der Waals surface area contributed by atoms with E-state index in [1.165, 1.54) is 0 Å². The van der Waals surface area contributed by atoms with Gasteiger partial charge in [-0.05, 0) is 6.42 Å². The van der Waals surface area contributed by atoms with E-state index in [2.05, 4.69) is 24.3 Å². The van der Waals surface area contributed by atoms with Gasteiger partial charge in [0.15, 0.2) is 5.82 Å². The minimum Gasteiger partial charge on any atom is -0.465 e. The van der Waals surface area contributed by atoms with Crippen LogP contribution in [0.2, 0.25) is 5.02 Å². The van der Waals surface area contributed by atoms with Gasteiger partial charge in [0.1, 0.15) is 5.02 Å². The number of nitrogens with one attached hydrogen (secondary N) is 1. The summed E-state index contributed by atoms with van der Waals surface area (Å²) in [6.45, 7) is 4.93. The van der Waals surface area contributed by atoms with E-state index in [4.69, 9.17) is 16.7 Å². The molecule has 0 spiro atoms. The van der Waals surface area contributed by atoms with E-state index >= 15 is 0 Å². The van der Waals surface area contributed by atoms with Crippen LogP contribution < -0.4 is 5.32 Å². The second-order valence-electron chi connectivity index (χ2n) is 4.30. The van der Waals surface area contributed by atoms with Crippen LogP contribution in [0.15, 0.2) is 0 Å². The first-order valence-corrected chi connectivity index (χ1v) is 5.06. The fraction of sp³-hybridized carbons (Fsp3) is 0.556. The number of carbonyl (C=O) groups is 1. The summed E-state index contributed by atoms with van der Waals surface area (Å²) in [6.07, 6.45) is -0.172. The molecular weight excluding hydrogens is 218 g/mol. The number of hydrogen-bond donors (Lipinski definition) is 2. The lowest BCUT2D eigenvalue weighted by Gasteiger charge is -2.16. The summed E-state index contributed by atoms with van der Waals surface area (Å²) < 4.78 is 1.77. The molecule has 0 atom stereocenters. The van der Waals surface area contributed by atoms with Crippen LogP contribution in [0.25, 0.3) is 0 Å². The first-order chi connectivity index (χ1) is 6.92. The van der Waals surface area contributed by atoms with Gasteiger partial charge in [-0.15, -0.1) is 0 Å². The molecule has 0 radical (unpaired) electrons. The molecule has 1 aromatic rings. The topological polar surface area (TPSA) is 67.2 Å². The Labute approximate surface area is 92.0 Å². The molecule has 0 saturated heterocycles. The number of aryl methyl sites for hydroxylation is 1. The number of aromatic nitrogens is 2. The van der Waals surface area contributed by atoms with E-state index in [1.54, 1.807) is 4.68 Å². The van der Waals surface area contributed by atoms with Crippen molar-refractivity contribution in [2.24, 2.45) is 0 Å². The third kappa shape index (κ3) is 1.56. The normalized spacial score (nSPS) is 17.5. The van der Waals surface area contributed by atoms with E-state index < -0.39 is 6.09 Å². The smallest absolute Gasteiger partial charge is 0.410 e. The van der Waals surface area contributed by atoms with Crippen molar-refractivity contribution in [3.05, 3.63) is 10.7 Å². The fourth-order valence-corrected chi connectivity index (χ4v) is 2.37. The van der Waals surface area contributed by atoms with Crippen LogP contribution in [0.3, 0.4) is 0 Å². The van der Waals surface area contributed by atoms with Crippen LogP contribution in [-0.4, -0.2) is 21.0 Å². The largest absolute Gasteiger partial charge is 0.465 e. The number of fused-ring (bicyclic) bond motifs is 1. The Morgan fingerprint density at radius 3 is 2.87 bits per heavy atom. The van der Waals surface area contributed by atoms with Crippen molar-refractivity contribution in [3.63, 3.8) is 0 Å². The Hall–Kier alpha value is -1.23. The van der Waals surface area contributed by atoms with Gasteiger partial charge in [-0.25, -0.2) is 4.79 Å².